The maximum atomic E-state index is 12.6. The molecule has 24 heavy (non-hydrogen) atoms. The Morgan fingerprint density at radius 1 is 1.12 bits per heavy atom. The molecule has 0 spiro atoms. The summed E-state index contributed by atoms with van der Waals surface area (Å²) in [6.45, 7) is 7.12. The van der Waals surface area contributed by atoms with Crippen LogP contribution in [0.1, 0.15) is 32.8 Å². The summed E-state index contributed by atoms with van der Waals surface area (Å²) >= 11 is 6.12. The SMILES string of the molecule is CCOc1ccc(C2=C(Cl)C(=O)N(CCCOC(C)C)C2=O)cc1. The van der Waals surface area contributed by atoms with E-state index in [1.807, 2.05) is 20.8 Å². The van der Waals surface area contributed by atoms with E-state index in [9.17, 15) is 9.59 Å². The van der Waals surface area contributed by atoms with Crippen LogP contribution in [-0.2, 0) is 14.3 Å². The molecular formula is C18H22ClNO4. The molecule has 2 rings (SSSR count). The van der Waals surface area contributed by atoms with Crippen molar-refractivity contribution in [1.82, 2.24) is 4.90 Å². The maximum absolute atomic E-state index is 12.6. The first-order valence-electron chi connectivity index (χ1n) is 8.06. The third-order valence-corrected chi connectivity index (χ3v) is 3.89. The van der Waals surface area contributed by atoms with Gasteiger partial charge in [0.05, 0.1) is 18.3 Å². The van der Waals surface area contributed by atoms with Gasteiger partial charge >= 0.3 is 0 Å². The summed E-state index contributed by atoms with van der Waals surface area (Å²) in [5.41, 5.74) is 0.859. The number of benzene rings is 1. The highest BCUT2D eigenvalue weighted by atomic mass is 35.5. The van der Waals surface area contributed by atoms with Crippen LogP contribution in [0.15, 0.2) is 29.3 Å². The van der Waals surface area contributed by atoms with Gasteiger partial charge in [-0.3, -0.25) is 14.5 Å². The van der Waals surface area contributed by atoms with Crippen LogP contribution in [0.5, 0.6) is 5.75 Å². The van der Waals surface area contributed by atoms with Crippen LogP contribution in [0, 0.1) is 0 Å². The summed E-state index contributed by atoms with van der Waals surface area (Å²) in [5, 5.41) is -0.0334. The lowest BCUT2D eigenvalue weighted by atomic mass is 10.1. The molecule has 1 aromatic rings. The zero-order chi connectivity index (χ0) is 17.7. The van der Waals surface area contributed by atoms with Gasteiger partial charge in [0.15, 0.2) is 0 Å². The topological polar surface area (TPSA) is 55.8 Å². The molecule has 2 amide bonds. The van der Waals surface area contributed by atoms with Gasteiger partial charge in [-0.2, -0.15) is 0 Å². The van der Waals surface area contributed by atoms with Gasteiger partial charge in [0.1, 0.15) is 10.8 Å². The Kier molecular flexibility index (Phi) is 6.40. The quantitative estimate of drug-likeness (QED) is 0.533. The molecule has 0 N–H and O–H groups in total. The lowest BCUT2D eigenvalue weighted by Gasteiger charge is -2.15. The van der Waals surface area contributed by atoms with E-state index in [1.165, 1.54) is 4.90 Å². The summed E-state index contributed by atoms with van der Waals surface area (Å²) < 4.78 is 10.8. The number of ether oxygens (including phenoxy) is 2. The molecule has 0 radical (unpaired) electrons. The average molecular weight is 352 g/mol. The van der Waals surface area contributed by atoms with Crippen molar-refractivity contribution in [3.63, 3.8) is 0 Å². The van der Waals surface area contributed by atoms with Gasteiger partial charge in [0.25, 0.3) is 11.8 Å². The van der Waals surface area contributed by atoms with E-state index in [0.717, 1.165) is 0 Å². The fraction of sp³-hybridized carbons (Fsp3) is 0.444. The normalized spacial score (nSPS) is 15.0. The Morgan fingerprint density at radius 3 is 2.38 bits per heavy atom. The first-order valence-corrected chi connectivity index (χ1v) is 8.44. The minimum absolute atomic E-state index is 0.0334. The molecule has 1 heterocycles. The van der Waals surface area contributed by atoms with Crippen molar-refractivity contribution in [2.45, 2.75) is 33.3 Å². The minimum Gasteiger partial charge on any atom is -0.494 e. The van der Waals surface area contributed by atoms with E-state index < -0.39 is 5.91 Å². The highest BCUT2D eigenvalue weighted by Crippen LogP contribution is 2.32. The predicted octanol–water partition coefficient (Wildman–Crippen LogP) is 3.22. The molecule has 5 nitrogen and oxygen atoms in total. The standard InChI is InChI=1S/C18H22ClNO4/c1-4-23-14-8-6-13(7-9-14)15-16(19)18(22)20(17(15)21)10-5-11-24-12(2)3/h6-9,12H,4-5,10-11H2,1-3H3. The van der Waals surface area contributed by atoms with Gasteiger partial charge in [0.2, 0.25) is 0 Å². The molecule has 0 aromatic heterocycles. The molecule has 0 saturated carbocycles. The highest BCUT2D eigenvalue weighted by molar-refractivity contribution is 6.55. The van der Waals surface area contributed by atoms with Gasteiger partial charge in [0, 0.05) is 13.2 Å². The molecule has 0 atom stereocenters. The van der Waals surface area contributed by atoms with Gasteiger partial charge in [-0.15, -0.1) is 0 Å². The third-order valence-electron chi connectivity index (χ3n) is 3.54. The number of carbonyl (C=O) groups is 2. The Balaban J connectivity index is 2.08. The zero-order valence-corrected chi connectivity index (χ0v) is 14.9. The Labute approximate surface area is 147 Å². The van der Waals surface area contributed by atoms with E-state index in [4.69, 9.17) is 21.1 Å². The summed E-state index contributed by atoms with van der Waals surface area (Å²) in [4.78, 5) is 26.0. The number of amides is 2. The number of rotatable bonds is 8. The monoisotopic (exact) mass is 351 g/mol. The second-order valence-corrected chi connectivity index (χ2v) is 6.06. The Bertz CT molecular complexity index is 637. The Hall–Kier alpha value is -1.85. The van der Waals surface area contributed by atoms with E-state index >= 15 is 0 Å². The van der Waals surface area contributed by atoms with Crippen molar-refractivity contribution in [3.05, 3.63) is 34.9 Å². The number of imide groups is 1. The zero-order valence-electron chi connectivity index (χ0n) is 14.2. The smallest absolute Gasteiger partial charge is 0.273 e. The van der Waals surface area contributed by atoms with Crippen molar-refractivity contribution >= 4 is 29.0 Å². The third kappa shape index (κ3) is 4.16. The molecule has 1 aromatic carbocycles. The fourth-order valence-electron chi connectivity index (χ4n) is 2.43. The van der Waals surface area contributed by atoms with Crippen molar-refractivity contribution in [2.24, 2.45) is 0 Å². The second kappa shape index (κ2) is 8.31. The van der Waals surface area contributed by atoms with Gasteiger partial charge in [-0.25, -0.2) is 0 Å². The van der Waals surface area contributed by atoms with E-state index in [0.29, 0.717) is 37.5 Å². The first-order chi connectivity index (χ1) is 11.5. The van der Waals surface area contributed by atoms with Gasteiger partial charge in [-0.1, -0.05) is 23.7 Å². The predicted molar refractivity (Wildman–Crippen MR) is 92.8 cm³/mol. The molecule has 1 aliphatic rings. The molecule has 1 aliphatic heterocycles. The van der Waals surface area contributed by atoms with Crippen molar-refractivity contribution in [1.29, 1.82) is 0 Å². The first kappa shape index (κ1) is 18.5. The van der Waals surface area contributed by atoms with Crippen LogP contribution in [0.2, 0.25) is 0 Å². The summed E-state index contributed by atoms with van der Waals surface area (Å²) in [7, 11) is 0. The second-order valence-electron chi connectivity index (χ2n) is 5.68. The molecule has 0 fully saturated rings. The molecule has 0 saturated heterocycles. The van der Waals surface area contributed by atoms with Crippen LogP contribution < -0.4 is 4.74 Å². The lowest BCUT2D eigenvalue weighted by molar-refractivity contribution is -0.136. The molecule has 0 aliphatic carbocycles. The van der Waals surface area contributed by atoms with Crippen LogP contribution in [0.25, 0.3) is 5.57 Å². The molecule has 0 unspecified atom stereocenters. The summed E-state index contributed by atoms with van der Waals surface area (Å²) in [6, 6.07) is 6.98. The number of nitrogens with zero attached hydrogens (tertiary/aromatic N) is 1. The number of hydrogen-bond acceptors (Lipinski definition) is 4. The maximum Gasteiger partial charge on any atom is 0.273 e. The fourth-order valence-corrected chi connectivity index (χ4v) is 2.72. The number of halogens is 1. The van der Waals surface area contributed by atoms with E-state index in [-0.39, 0.29) is 22.6 Å². The molecule has 6 heteroatoms. The highest BCUT2D eigenvalue weighted by Gasteiger charge is 2.37. The van der Waals surface area contributed by atoms with Crippen molar-refractivity contribution < 1.29 is 19.1 Å². The molecule has 130 valence electrons. The number of carbonyl (C=O) groups excluding carboxylic acids is 2. The Morgan fingerprint density at radius 2 is 1.79 bits per heavy atom. The molecule has 0 bridgehead atoms. The summed E-state index contributed by atoms with van der Waals surface area (Å²) in [5.74, 6) is -0.105. The average Bonchev–Trinajstić information content (AvgIpc) is 2.76. The van der Waals surface area contributed by atoms with Crippen LogP contribution >= 0.6 is 11.6 Å². The van der Waals surface area contributed by atoms with E-state index in [2.05, 4.69) is 0 Å². The largest absolute Gasteiger partial charge is 0.494 e. The summed E-state index contributed by atoms with van der Waals surface area (Å²) in [6.07, 6.45) is 0.701. The van der Waals surface area contributed by atoms with Gasteiger partial charge < -0.3 is 9.47 Å². The van der Waals surface area contributed by atoms with Crippen molar-refractivity contribution in [3.8, 4) is 5.75 Å². The number of hydrogen-bond donors (Lipinski definition) is 0. The molecular weight excluding hydrogens is 330 g/mol. The van der Waals surface area contributed by atoms with Crippen LogP contribution in [0.4, 0.5) is 0 Å². The lowest BCUT2D eigenvalue weighted by Crippen LogP contribution is -2.33. The van der Waals surface area contributed by atoms with Gasteiger partial charge in [-0.05, 0) is 44.9 Å². The van der Waals surface area contributed by atoms with Crippen LogP contribution in [0.3, 0.4) is 0 Å². The van der Waals surface area contributed by atoms with Crippen LogP contribution in [-0.4, -0.2) is 42.6 Å². The van der Waals surface area contributed by atoms with Crippen molar-refractivity contribution in [2.75, 3.05) is 19.8 Å². The minimum atomic E-state index is -0.449. The van der Waals surface area contributed by atoms with E-state index in [1.54, 1.807) is 24.3 Å².